The van der Waals surface area contributed by atoms with Gasteiger partial charge in [0.05, 0.1) is 19.8 Å². The van der Waals surface area contributed by atoms with Crippen molar-refractivity contribution in [1.29, 1.82) is 0 Å². The fourth-order valence-electron chi connectivity index (χ4n) is 5.71. The zero-order valence-electron chi connectivity index (χ0n) is 21.4. The van der Waals surface area contributed by atoms with Gasteiger partial charge in [-0.1, -0.05) is 24.3 Å². The SMILES string of the molecule is COc1ccc(-c2ccc3c(c2)NC(=O)/C3=C(/C)C2Cc3cc(OCCC4CCCN4)ccc3N2)cc1. The first kappa shape index (κ1) is 23.6. The van der Waals surface area contributed by atoms with Crippen molar-refractivity contribution in [2.45, 2.75) is 44.7 Å². The smallest absolute Gasteiger partial charge is 0.256 e. The van der Waals surface area contributed by atoms with Crippen molar-refractivity contribution in [2.24, 2.45) is 0 Å². The van der Waals surface area contributed by atoms with E-state index < -0.39 is 0 Å². The molecule has 6 rings (SSSR count). The van der Waals surface area contributed by atoms with Crippen LogP contribution in [-0.4, -0.2) is 38.3 Å². The molecule has 3 aromatic rings. The Labute approximate surface area is 218 Å². The summed E-state index contributed by atoms with van der Waals surface area (Å²) in [7, 11) is 1.66. The number of hydrogen-bond acceptors (Lipinski definition) is 5. The van der Waals surface area contributed by atoms with Gasteiger partial charge in [0, 0.05) is 28.6 Å². The molecule has 0 aliphatic carbocycles. The molecule has 6 nitrogen and oxygen atoms in total. The van der Waals surface area contributed by atoms with Crippen LogP contribution < -0.4 is 25.4 Å². The summed E-state index contributed by atoms with van der Waals surface area (Å²) in [4.78, 5) is 13.1. The van der Waals surface area contributed by atoms with Crippen LogP contribution in [0.4, 0.5) is 11.4 Å². The summed E-state index contributed by atoms with van der Waals surface area (Å²) in [6.07, 6.45) is 4.38. The Kier molecular flexibility index (Phi) is 6.35. The summed E-state index contributed by atoms with van der Waals surface area (Å²) in [6, 6.07) is 21.1. The number of nitrogens with one attached hydrogen (secondary N) is 3. The molecule has 190 valence electrons. The third-order valence-corrected chi connectivity index (χ3v) is 7.83. The summed E-state index contributed by atoms with van der Waals surface area (Å²) in [5, 5.41) is 10.2. The highest BCUT2D eigenvalue weighted by molar-refractivity contribution is 6.32. The maximum atomic E-state index is 13.1. The molecule has 1 amide bonds. The molecule has 0 spiro atoms. The normalized spacial score (nSPS) is 21.2. The second-order valence-corrected chi connectivity index (χ2v) is 10.2. The Morgan fingerprint density at radius 1 is 0.973 bits per heavy atom. The van der Waals surface area contributed by atoms with E-state index in [9.17, 15) is 4.79 Å². The first-order chi connectivity index (χ1) is 18.1. The van der Waals surface area contributed by atoms with Crippen LogP contribution in [0.2, 0.25) is 0 Å². The van der Waals surface area contributed by atoms with Crippen molar-refractivity contribution in [3.63, 3.8) is 0 Å². The Bertz CT molecular complexity index is 1360. The average Bonchev–Trinajstić information content (AvgIpc) is 3.66. The van der Waals surface area contributed by atoms with Gasteiger partial charge >= 0.3 is 0 Å². The minimum absolute atomic E-state index is 0.0401. The Balaban J connectivity index is 1.18. The Morgan fingerprint density at radius 2 is 1.78 bits per heavy atom. The summed E-state index contributed by atoms with van der Waals surface area (Å²) in [5.74, 6) is 1.70. The highest BCUT2D eigenvalue weighted by Crippen LogP contribution is 2.40. The van der Waals surface area contributed by atoms with Crippen LogP contribution in [0, 0.1) is 0 Å². The molecule has 2 unspecified atom stereocenters. The van der Waals surface area contributed by atoms with Crippen LogP contribution in [0.15, 0.2) is 66.2 Å². The van der Waals surface area contributed by atoms with E-state index in [1.54, 1.807) is 7.11 Å². The maximum absolute atomic E-state index is 13.1. The zero-order valence-corrected chi connectivity index (χ0v) is 21.4. The van der Waals surface area contributed by atoms with Crippen molar-refractivity contribution in [3.8, 4) is 22.6 Å². The molecule has 37 heavy (non-hydrogen) atoms. The van der Waals surface area contributed by atoms with Gasteiger partial charge in [-0.3, -0.25) is 4.79 Å². The summed E-state index contributed by atoms with van der Waals surface area (Å²) in [6.45, 7) is 3.92. The third-order valence-electron chi connectivity index (χ3n) is 7.83. The van der Waals surface area contributed by atoms with Gasteiger partial charge in [-0.2, -0.15) is 0 Å². The van der Waals surface area contributed by atoms with Crippen LogP contribution in [0.3, 0.4) is 0 Å². The molecule has 0 radical (unpaired) electrons. The molecule has 2 atom stereocenters. The van der Waals surface area contributed by atoms with Crippen LogP contribution >= 0.6 is 0 Å². The molecular formula is C31H33N3O3. The third kappa shape index (κ3) is 4.69. The quantitative estimate of drug-likeness (QED) is 0.370. The molecule has 6 heteroatoms. The van der Waals surface area contributed by atoms with Gasteiger partial charge in [0.25, 0.3) is 5.91 Å². The second-order valence-electron chi connectivity index (χ2n) is 10.2. The van der Waals surface area contributed by atoms with Crippen molar-refractivity contribution < 1.29 is 14.3 Å². The van der Waals surface area contributed by atoms with Crippen molar-refractivity contribution in [2.75, 3.05) is 30.9 Å². The highest BCUT2D eigenvalue weighted by Gasteiger charge is 2.31. The van der Waals surface area contributed by atoms with Gasteiger partial charge in [0.15, 0.2) is 0 Å². The number of amides is 1. The highest BCUT2D eigenvalue weighted by atomic mass is 16.5. The molecule has 0 bridgehead atoms. The predicted octanol–water partition coefficient (Wildman–Crippen LogP) is 5.65. The first-order valence-corrected chi connectivity index (χ1v) is 13.2. The number of ether oxygens (including phenoxy) is 2. The van der Waals surface area contributed by atoms with E-state index in [4.69, 9.17) is 9.47 Å². The summed E-state index contributed by atoms with van der Waals surface area (Å²) >= 11 is 0. The van der Waals surface area contributed by atoms with Crippen LogP contribution in [-0.2, 0) is 11.2 Å². The summed E-state index contributed by atoms with van der Waals surface area (Å²) < 4.78 is 11.3. The lowest BCUT2D eigenvalue weighted by atomic mass is 9.94. The van der Waals surface area contributed by atoms with E-state index in [2.05, 4.69) is 53.2 Å². The molecule has 3 aliphatic heterocycles. The molecule has 3 aromatic carbocycles. The van der Waals surface area contributed by atoms with Gasteiger partial charge < -0.3 is 25.4 Å². The lowest BCUT2D eigenvalue weighted by Crippen LogP contribution is -2.23. The van der Waals surface area contributed by atoms with Gasteiger partial charge in [-0.25, -0.2) is 0 Å². The van der Waals surface area contributed by atoms with Gasteiger partial charge in [-0.05, 0) is 97.8 Å². The standard InChI is InChI=1S/C31H33N3O3/c1-19(28-18-22-16-25(10-12-27(22)33-28)37-15-13-23-4-3-14-32-23)30-26-11-7-21(17-29(26)34-31(30)35)20-5-8-24(36-2)9-6-20/h5-12,16-17,23,28,32-33H,3-4,13-15,18H2,1-2H3,(H,34,35)/b30-19-. The van der Waals surface area contributed by atoms with E-state index in [-0.39, 0.29) is 11.9 Å². The molecule has 0 saturated carbocycles. The molecular weight excluding hydrogens is 462 g/mol. The number of carbonyl (C=O) groups is 1. The van der Waals surface area contributed by atoms with Crippen molar-refractivity contribution in [1.82, 2.24) is 5.32 Å². The predicted molar refractivity (Wildman–Crippen MR) is 148 cm³/mol. The Hall–Kier alpha value is -3.77. The van der Waals surface area contributed by atoms with Gasteiger partial charge in [0.2, 0.25) is 0 Å². The summed E-state index contributed by atoms with van der Waals surface area (Å²) in [5.41, 5.74) is 8.12. The van der Waals surface area contributed by atoms with Crippen LogP contribution in [0.5, 0.6) is 11.5 Å². The average molecular weight is 496 g/mol. The van der Waals surface area contributed by atoms with E-state index in [0.29, 0.717) is 6.04 Å². The minimum Gasteiger partial charge on any atom is -0.497 e. The topological polar surface area (TPSA) is 71.6 Å². The van der Waals surface area contributed by atoms with Gasteiger partial charge in [0.1, 0.15) is 11.5 Å². The Morgan fingerprint density at radius 3 is 2.57 bits per heavy atom. The van der Waals surface area contributed by atoms with E-state index >= 15 is 0 Å². The molecule has 3 aliphatic rings. The number of carbonyl (C=O) groups excluding carboxylic acids is 1. The number of hydrogen-bond donors (Lipinski definition) is 3. The molecule has 1 saturated heterocycles. The first-order valence-electron chi connectivity index (χ1n) is 13.2. The molecule has 1 fully saturated rings. The van der Waals surface area contributed by atoms with Crippen LogP contribution in [0.1, 0.15) is 37.3 Å². The van der Waals surface area contributed by atoms with Crippen molar-refractivity contribution in [3.05, 3.63) is 77.4 Å². The monoisotopic (exact) mass is 495 g/mol. The number of methoxy groups -OCH3 is 1. The molecule has 0 aromatic heterocycles. The fourth-order valence-corrected chi connectivity index (χ4v) is 5.71. The number of rotatable bonds is 7. The largest absolute Gasteiger partial charge is 0.497 e. The number of fused-ring (bicyclic) bond motifs is 2. The number of benzene rings is 3. The van der Waals surface area contributed by atoms with E-state index in [1.807, 2.05) is 30.3 Å². The molecule has 3 N–H and O–H groups in total. The lowest BCUT2D eigenvalue weighted by molar-refractivity contribution is -0.110. The van der Waals surface area contributed by atoms with Crippen LogP contribution in [0.25, 0.3) is 16.7 Å². The van der Waals surface area contributed by atoms with Gasteiger partial charge in [-0.15, -0.1) is 0 Å². The fraction of sp³-hybridized carbons (Fsp3) is 0.323. The second kappa shape index (κ2) is 9.94. The lowest BCUT2D eigenvalue weighted by Gasteiger charge is -2.15. The zero-order chi connectivity index (χ0) is 25.4. The molecule has 3 heterocycles. The van der Waals surface area contributed by atoms with E-state index in [1.165, 1.54) is 18.4 Å². The minimum atomic E-state index is -0.0401. The van der Waals surface area contributed by atoms with Crippen molar-refractivity contribution >= 4 is 22.9 Å². The maximum Gasteiger partial charge on any atom is 0.256 e. The van der Waals surface area contributed by atoms with E-state index in [0.717, 1.165) is 76.7 Å². The number of anilines is 2.